The first-order valence-corrected chi connectivity index (χ1v) is 12.0. The van der Waals surface area contributed by atoms with Gasteiger partial charge in [-0.2, -0.15) is 4.98 Å². The van der Waals surface area contributed by atoms with Gasteiger partial charge < -0.3 is 14.2 Å². The van der Waals surface area contributed by atoms with Crippen LogP contribution in [-0.2, 0) is 16.1 Å². The maximum absolute atomic E-state index is 13.4. The molecule has 4 rings (SSSR count). The number of carbonyl (C=O) groups excluding carboxylic acids is 1. The van der Waals surface area contributed by atoms with Gasteiger partial charge in [-0.25, -0.2) is 0 Å². The van der Waals surface area contributed by atoms with Crippen molar-refractivity contribution < 1.29 is 14.1 Å². The van der Waals surface area contributed by atoms with E-state index in [4.69, 9.17) is 9.26 Å². The fourth-order valence-electron chi connectivity index (χ4n) is 5.33. The lowest BCUT2D eigenvalue weighted by atomic mass is 9.85. The van der Waals surface area contributed by atoms with Crippen LogP contribution in [0.3, 0.4) is 0 Å². The second kappa shape index (κ2) is 10.2. The Hall–Kier alpha value is -1.47. The summed E-state index contributed by atoms with van der Waals surface area (Å²) in [7, 11) is 0. The van der Waals surface area contributed by atoms with Crippen LogP contribution in [0, 0.1) is 11.8 Å². The van der Waals surface area contributed by atoms with Gasteiger partial charge in [0.05, 0.1) is 6.54 Å². The van der Waals surface area contributed by atoms with E-state index in [0.29, 0.717) is 23.8 Å². The molecule has 7 heteroatoms. The molecule has 168 valence electrons. The molecule has 1 amide bonds. The van der Waals surface area contributed by atoms with Crippen LogP contribution < -0.4 is 0 Å². The highest BCUT2D eigenvalue weighted by Gasteiger charge is 2.36. The molecule has 1 unspecified atom stereocenters. The number of ether oxygens (including phenoxy) is 1. The molecule has 1 atom stereocenters. The Balaban J connectivity index is 1.34. The Bertz CT molecular complexity index is 678. The summed E-state index contributed by atoms with van der Waals surface area (Å²) >= 11 is 0. The molecule has 7 nitrogen and oxygen atoms in total. The average molecular weight is 419 g/mol. The van der Waals surface area contributed by atoms with Gasteiger partial charge in [-0.05, 0) is 57.5 Å². The van der Waals surface area contributed by atoms with Crippen molar-refractivity contribution in [3.8, 4) is 0 Å². The fraction of sp³-hybridized carbons (Fsp3) is 0.870. The van der Waals surface area contributed by atoms with Crippen LogP contribution in [0.25, 0.3) is 0 Å². The lowest BCUT2D eigenvalue weighted by Crippen LogP contribution is -2.50. The van der Waals surface area contributed by atoms with E-state index in [9.17, 15) is 4.79 Å². The molecule has 0 bridgehead atoms. The smallest absolute Gasteiger partial charge is 0.240 e. The first kappa shape index (κ1) is 21.8. The predicted molar refractivity (Wildman–Crippen MR) is 114 cm³/mol. The van der Waals surface area contributed by atoms with E-state index in [1.165, 1.54) is 19.3 Å². The maximum Gasteiger partial charge on any atom is 0.240 e. The Morgan fingerprint density at radius 2 is 1.80 bits per heavy atom. The molecule has 0 radical (unpaired) electrons. The van der Waals surface area contributed by atoms with Crippen LogP contribution in [-0.4, -0.2) is 64.7 Å². The van der Waals surface area contributed by atoms with Crippen LogP contribution in [0.2, 0.25) is 0 Å². The van der Waals surface area contributed by atoms with E-state index < -0.39 is 0 Å². The number of hydrogen-bond donors (Lipinski definition) is 0. The molecular formula is C23H38N4O3. The second-order valence-electron chi connectivity index (χ2n) is 9.65. The summed E-state index contributed by atoms with van der Waals surface area (Å²) in [5.41, 5.74) is 0. The highest BCUT2D eigenvalue weighted by atomic mass is 16.5. The van der Waals surface area contributed by atoms with Gasteiger partial charge in [0.25, 0.3) is 0 Å². The molecule has 1 aromatic heterocycles. The predicted octanol–water partition coefficient (Wildman–Crippen LogP) is 3.60. The Kier molecular flexibility index (Phi) is 7.41. The molecule has 3 aliphatic heterocycles. The summed E-state index contributed by atoms with van der Waals surface area (Å²) < 4.78 is 10.9. The first-order chi connectivity index (χ1) is 14.6. The van der Waals surface area contributed by atoms with Crippen LogP contribution in [0.5, 0.6) is 0 Å². The molecular weight excluding hydrogens is 380 g/mol. The number of amides is 1. The van der Waals surface area contributed by atoms with Gasteiger partial charge in [-0.3, -0.25) is 9.69 Å². The zero-order chi connectivity index (χ0) is 20.9. The van der Waals surface area contributed by atoms with E-state index in [1.807, 2.05) is 0 Å². The van der Waals surface area contributed by atoms with Crippen molar-refractivity contribution in [3.05, 3.63) is 11.7 Å². The largest absolute Gasteiger partial charge is 0.381 e. The molecule has 3 saturated heterocycles. The third-order valence-electron chi connectivity index (χ3n) is 7.19. The minimum absolute atomic E-state index is 0.173. The zero-order valence-corrected chi connectivity index (χ0v) is 18.7. The quantitative estimate of drug-likeness (QED) is 0.727. The highest BCUT2D eigenvalue weighted by Crippen LogP contribution is 2.32. The van der Waals surface area contributed by atoms with E-state index >= 15 is 0 Å². The second-order valence-corrected chi connectivity index (χ2v) is 9.65. The molecule has 30 heavy (non-hydrogen) atoms. The molecule has 0 spiro atoms. The van der Waals surface area contributed by atoms with Crippen LogP contribution in [0.4, 0.5) is 0 Å². The van der Waals surface area contributed by atoms with E-state index in [2.05, 4.69) is 33.8 Å². The number of aromatic nitrogens is 2. The van der Waals surface area contributed by atoms with Gasteiger partial charge in [0.15, 0.2) is 5.82 Å². The Labute approximate surface area is 180 Å². The summed E-state index contributed by atoms with van der Waals surface area (Å²) in [5.74, 6) is 3.00. The molecule has 0 saturated carbocycles. The van der Waals surface area contributed by atoms with Crippen molar-refractivity contribution in [1.82, 2.24) is 19.9 Å². The van der Waals surface area contributed by atoms with E-state index in [1.54, 1.807) is 0 Å². The summed E-state index contributed by atoms with van der Waals surface area (Å²) in [6, 6.07) is 0.418. The third-order valence-corrected chi connectivity index (χ3v) is 7.19. The van der Waals surface area contributed by atoms with Crippen LogP contribution in [0.1, 0.15) is 82.8 Å². The number of carbonyl (C=O) groups is 1. The molecule has 0 aliphatic carbocycles. The monoisotopic (exact) mass is 418 g/mol. The Morgan fingerprint density at radius 1 is 1.03 bits per heavy atom. The van der Waals surface area contributed by atoms with E-state index in [-0.39, 0.29) is 5.92 Å². The normalized spacial score (nSPS) is 25.6. The number of likely N-dealkylation sites (tertiary alicyclic amines) is 2. The minimum Gasteiger partial charge on any atom is -0.381 e. The van der Waals surface area contributed by atoms with Crippen molar-refractivity contribution in [2.75, 3.05) is 32.8 Å². The molecule has 3 fully saturated rings. The van der Waals surface area contributed by atoms with Crippen LogP contribution in [0.15, 0.2) is 4.52 Å². The summed E-state index contributed by atoms with van der Waals surface area (Å²) in [4.78, 5) is 22.6. The molecule has 4 heterocycles. The van der Waals surface area contributed by atoms with Gasteiger partial charge in [0.1, 0.15) is 0 Å². The minimum atomic E-state index is 0.173. The SMILES string of the molecule is CC(C)c1noc(CN2CCC(C3CCCCCN3C(=O)C3CCOCC3)CC2)n1. The number of nitrogens with zero attached hydrogens (tertiary/aromatic N) is 4. The van der Waals surface area contributed by atoms with Crippen molar-refractivity contribution in [2.45, 2.75) is 83.7 Å². The molecule has 0 N–H and O–H groups in total. The number of hydrogen-bond acceptors (Lipinski definition) is 6. The van der Waals surface area contributed by atoms with Crippen molar-refractivity contribution in [3.63, 3.8) is 0 Å². The Morgan fingerprint density at radius 3 is 2.50 bits per heavy atom. The lowest BCUT2D eigenvalue weighted by molar-refractivity contribution is -0.142. The zero-order valence-electron chi connectivity index (χ0n) is 18.7. The van der Waals surface area contributed by atoms with Gasteiger partial charge in [0.2, 0.25) is 11.8 Å². The molecule has 0 aromatic carbocycles. The summed E-state index contributed by atoms with van der Waals surface area (Å²) in [6.07, 6.45) is 8.90. The maximum atomic E-state index is 13.4. The standard InChI is InChI=1S/C23H38N4O3/c1-17(2)22-24-21(30-25-22)16-26-12-7-18(8-13-26)20-6-4-3-5-11-27(20)23(28)19-9-14-29-15-10-19/h17-20H,3-16H2,1-2H3. The van der Waals surface area contributed by atoms with Crippen molar-refractivity contribution >= 4 is 5.91 Å². The first-order valence-electron chi connectivity index (χ1n) is 12.0. The average Bonchev–Trinajstić information content (AvgIpc) is 3.10. The molecule has 1 aromatic rings. The molecule has 3 aliphatic rings. The van der Waals surface area contributed by atoms with Gasteiger partial charge in [0, 0.05) is 37.6 Å². The third kappa shape index (κ3) is 5.22. The summed E-state index contributed by atoms with van der Waals surface area (Å²) in [5, 5.41) is 4.09. The van der Waals surface area contributed by atoms with E-state index in [0.717, 1.165) is 83.2 Å². The van der Waals surface area contributed by atoms with Gasteiger partial charge in [-0.15, -0.1) is 0 Å². The van der Waals surface area contributed by atoms with Crippen LogP contribution >= 0.6 is 0 Å². The van der Waals surface area contributed by atoms with Gasteiger partial charge in [-0.1, -0.05) is 31.8 Å². The van der Waals surface area contributed by atoms with Crippen molar-refractivity contribution in [2.24, 2.45) is 11.8 Å². The summed E-state index contributed by atoms with van der Waals surface area (Å²) in [6.45, 7) is 9.41. The lowest BCUT2D eigenvalue weighted by Gasteiger charge is -2.42. The number of rotatable bonds is 5. The van der Waals surface area contributed by atoms with Gasteiger partial charge >= 0.3 is 0 Å². The topological polar surface area (TPSA) is 71.7 Å². The number of piperidine rings is 1. The fourth-order valence-corrected chi connectivity index (χ4v) is 5.33. The van der Waals surface area contributed by atoms with Crippen molar-refractivity contribution in [1.29, 1.82) is 0 Å². The highest BCUT2D eigenvalue weighted by molar-refractivity contribution is 5.79.